The van der Waals surface area contributed by atoms with Crippen molar-refractivity contribution in [1.29, 1.82) is 0 Å². The monoisotopic (exact) mass is 421 g/mol. The average molecular weight is 421 g/mol. The molecule has 1 atom stereocenters. The summed E-state index contributed by atoms with van der Waals surface area (Å²) in [6.07, 6.45) is 5.71. The van der Waals surface area contributed by atoms with Crippen LogP contribution >= 0.6 is 0 Å². The van der Waals surface area contributed by atoms with Crippen LogP contribution in [0.3, 0.4) is 0 Å². The molecule has 1 fully saturated rings. The van der Waals surface area contributed by atoms with Crippen LogP contribution in [0.25, 0.3) is 11.1 Å². The van der Waals surface area contributed by atoms with Crippen LogP contribution in [0.1, 0.15) is 29.9 Å². The van der Waals surface area contributed by atoms with Gasteiger partial charge in [-0.15, -0.1) is 0 Å². The third kappa shape index (κ3) is 3.65. The molecule has 0 radical (unpaired) electrons. The Kier molecular flexibility index (Phi) is 4.90. The van der Waals surface area contributed by atoms with Crippen molar-refractivity contribution in [3.63, 3.8) is 0 Å². The Bertz CT molecular complexity index is 1140. The number of halogens is 1. The van der Waals surface area contributed by atoms with Crippen LogP contribution in [0, 0.1) is 12.7 Å². The summed E-state index contributed by atoms with van der Waals surface area (Å²) in [5.41, 5.74) is 10.5. The molecule has 0 unspecified atom stereocenters. The number of hydrogen-bond acceptors (Lipinski definition) is 8. The van der Waals surface area contributed by atoms with E-state index in [0.29, 0.717) is 24.5 Å². The van der Waals surface area contributed by atoms with Crippen LogP contribution < -0.4 is 20.7 Å². The summed E-state index contributed by atoms with van der Waals surface area (Å²) in [6.45, 7) is 3.32. The molecule has 0 bridgehead atoms. The van der Waals surface area contributed by atoms with Crippen molar-refractivity contribution in [1.82, 2.24) is 19.9 Å². The van der Waals surface area contributed by atoms with Gasteiger partial charge in [-0.3, -0.25) is 0 Å². The number of nitrogens with one attached hydrogen (secondary N) is 1. The Hall–Kier alpha value is -3.33. The maximum absolute atomic E-state index is 14.4. The van der Waals surface area contributed by atoms with Gasteiger partial charge in [0.25, 0.3) is 0 Å². The van der Waals surface area contributed by atoms with Crippen molar-refractivity contribution in [3.8, 4) is 22.9 Å². The smallest absolute Gasteiger partial charge is 0.324 e. The number of rotatable bonds is 4. The van der Waals surface area contributed by atoms with Crippen LogP contribution in [-0.4, -0.2) is 46.1 Å². The number of hydrogen-bond donors (Lipinski definition) is 2. The molecule has 0 spiro atoms. The van der Waals surface area contributed by atoms with Crippen LogP contribution in [0.4, 0.5) is 15.9 Å². The van der Waals surface area contributed by atoms with E-state index in [1.165, 1.54) is 6.07 Å². The normalized spacial score (nSPS) is 17.3. The predicted molar refractivity (Wildman–Crippen MR) is 116 cm³/mol. The molecule has 3 aromatic rings. The Morgan fingerprint density at radius 2 is 2.03 bits per heavy atom. The highest BCUT2D eigenvalue weighted by Gasteiger charge is 2.31. The molecule has 0 saturated carbocycles. The molecule has 8 nitrogen and oxygen atoms in total. The Morgan fingerprint density at radius 3 is 2.77 bits per heavy atom. The fraction of sp³-hybridized carbons (Fsp3) is 0.364. The zero-order chi connectivity index (χ0) is 21.5. The average Bonchev–Trinajstić information content (AvgIpc) is 3.12. The number of ether oxygens (including phenoxy) is 1. The number of anilines is 2. The second kappa shape index (κ2) is 7.73. The number of fused-ring (bicyclic) bond motifs is 3. The summed E-state index contributed by atoms with van der Waals surface area (Å²) in [5.74, 6) is 1.55. The van der Waals surface area contributed by atoms with E-state index < -0.39 is 0 Å². The van der Waals surface area contributed by atoms with Crippen molar-refractivity contribution in [2.45, 2.75) is 32.2 Å². The number of aromatic nitrogens is 4. The van der Waals surface area contributed by atoms with E-state index in [2.05, 4.69) is 25.2 Å². The number of aryl methyl sites for hydroxylation is 1. The lowest BCUT2D eigenvalue weighted by Gasteiger charge is -2.33. The van der Waals surface area contributed by atoms with E-state index in [1.807, 2.05) is 6.92 Å². The second-order valence-electron chi connectivity index (χ2n) is 7.97. The third-order valence-electron chi connectivity index (χ3n) is 5.77. The summed E-state index contributed by atoms with van der Waals surface area (Å²) in [6, 6.07) is 3.36. The van der Waals surface area contributed by atoms with E-state index in [-0.39, 0.29) is 17.9 Å². The maximum Gasteiger partial charge on any atom is 0.324 e. The van der Waals surface area contributed by atoms with E-state index >= 15 is 0 Å². The van der Waals surface area contributed by atoms with Gasteiger partial charge in [-0.05, 0) is 43.0 Å². The van der Waals surface area contributed by atoms with Crippen molar-refractivity contribution < 1.29 is 9.13 Å². The van der Waals surface area contributed by atoms with E-state index in [1.54, 1.807) is 25.5 Å². The molecule has 1 aliphatic carbocycles. The number of nitrogens with two attached hydrogens (primary N) is 1. The molecule has 5 rings (SSSR count). The van der Waals surface area contributed by atoms with Gasteiger partial charge in [-0.2, -0.15) is 9.97 Å². The van der Waals surface area contributed by atoms with Crippen molar-refractivity contribution in [2.75, 3.05) is 30.4 Å². The zero-order valence-corrected chi connectivity index (χ0v) is 17.5. The predicted octanol–water partition coefficient (Wildman–Crippen LogP) is 3.05. The number of benzene rings is 1. The van der Waals surface area contributed by atoms with Crippen LogP contribution in [0.2, 0.25) is 0 Å². The highest BCUT2D eigenvalue weighted by molar-refractivity contribution is 5.88. The molecule has 1 aromatic carbocycles. The van der Waals surface area contributed by atoms with E-state index in [9.17, 15) is 4.39 Å². The van der Waals surface area contributed by atoms with Crippen LogP contribution in [0.15, 0.2) is 24.5 Å². The molecular formula is C22H24FN7O. The van der Waals surface area contributed by atoms with Gasteiger partial charge in [0.15, 0.2) is 5.75 Å². The summed E-state index contributed by atoms with van der Waals surface area (Å²) < 4.78 is 20.3. The first kappa shape index (κ1) is 19.6. The second-order valence-corrected chi connectivity index (χ2v) is 7.97. The topological polar surface area (TPSA) is 102 Å². The van der Waals surface area contributed by atoms with E-state index in [0.717, 1.165) is 53.3 Å². The first-order valence-corrected chi connectivity index (χ1v) is 10.4. The van der Waals surface area contributed by atoms with E-state index in [4.69, 9.17) is 15.5 Å². The molecule has 31 heavy (non-hydrogen) atoms. The van der Waals surface area contributed by atoms with Gasteiger partial charge in [0.2, 0.25) is 0 Å². The lowest BCUT2D eigenvalue weighted by molar-refractivity contribution is 0.433. The zero-order valence-electron chi connectivity index (χ0n) is 17.5. The lowest BCUT2D eigenvalue weighted by Crippen LogP contribution is -2.43. The van der Waals surface area contributed by atoms with Gasteiger partial charge in [0.05, 0.1) is 18.1 Å². The standard InChI is InChI=1S/C22H24FN7O/c1-12-26-9-15(10-27-12)31-22-28-19-8-16-17(6-13(23)7-18(16)25-2)20(19)21(29-22)30-5-3-4-14(24)11-30/h6-7,9-10,14,25H,3-5,8,11,24H2,1-2H3/t14-/m0/s1. The maximum atomic E-state index is 14.4. The minimum atomic E-state index is -0.297. The lowest BCUT2D eigenvalue weighted by atomic mass is 10.0. The molecule has 2 aliphatic rings. The number of nitrogens with zero attached hydrogens (tertiary/aromatic N) is 5. The van der Waals surface area contributed by atoms with Gasteiger partial charge in [-0.25, -0.2) is 14.4 Å². The van der Waals surface area contributed by atoms with Crippen LogP contribution in [0.5, 0.6) is 11.8 Å². The van der Waals surface area contributed by atoms with Gasteiger partial charge < -0.3 is 20.7 Å². The molecule has 1 aliphatic heterocycles. The molecule has 1 saturated heterocycles. The van der Waals surface area contributed by atoms with Gasteiger partial charge in [0.1, 0.15) is 17.5 Å². The summed E-state index contributed by atoms with van der Waals surface area (Å²) >= 11 is 0. The fourth-order valence-corrected chi connectivity index (χ4v) is 4.33. The summed E-state index contributed by atoms with van der Waals surface area (Å²) in [7, 11) is 1.79. The SMILES string of the molecule is CNc1cc(F)cc2c1Cc1nc(Oc3cnc(C)nc3)nc(N3CCC[C@H](N)C3)c1-2. The molecule has 3 heterocycles. The van der Waals surface area contributed by atoms with Crippen molar-refractivity contribution in [2.24, 2.45) is 5.73 Å². The summed E-state index contributed by atoms with van der Waals surface area (Å²) in [4.78, 5) is 19.9. The largest absolute Gasteiger partial charge is 0.421 e. The molecule has 160 valence electrons. The Balaban J connectivity index is 1.63. The first-order chi connectivity index (χ1) is 15.0. The molecule has 9 heteroatoms. The highest BCUT2D eigenvalue weighted by atomic mass is 19.1. The minimum absolute atomic E-state index is 0.0653. The Labute approximate surface area is 179 Å². The molecular weight excluding hydrogens is 397 g/mol. The fourth-order valence-electron chi connectivity index (χ4n) is 4.33. The summed E-state index contributed by atoms with van der Waals surface area (Å²) in [5, 5.41) is 3.10. The molecule has 3 N–H and O–H groups in total. The Morgan fingerprint density at radius 1 is 1.23 bits per heavy atom. The van der Waals surface area contributed by atoms with Gasteiger partial charge in [0, 0.05) is 43.9 Å². The quantitative estimate of drug-likeness (QED) is 0.518. The molecule has 2 aromatic heterocycles. The number of piperidine rings is 1. The first-order valence-electron chi connectivity index (χ1n) is 10.4. The van der Waals surface area contributed by atoms with Crippen LogP contribution in [-0.2, 0) is 6.42 Å². The van der Waals surface area contributed by atoms with Gasteiger partial charge >= 0.3 is 6.01 Å². The third-order valence-corrected chi connectivity index (χ3v) is 5.77. The molecule has 0 amide bonds. The van der Waals surface area contributed by atoms with Crippen molar-refractivity contribution in [3.05, 3.63) is 47.4 Å². The highest BCUT2D eigenvalue weighted by Crippen LogP contribution is 2.45. The minimum Gasteiger partial charge on any atom is -0.421 e. The van der Waals surface area contributed by atoms with Crippen molar-refractivity contribution >= 4 is 11.5 Å². The van der Waals surface area contributed by atoms with Gasteiger partial charge in [-0.1, -0.05) is 0 Å².